The molecule has 6 heteroatoms. The molecule has 1 amide bonds. The molecule has 2 rings (SSSR count). The highest BCUT2D eigenvalue weighted by Crippen LogP contribution is 2.18. The number of amides is 1. The van der Waals surface area contributed by atoms with Gasteiger partial charge in [-0.2, -0.15) is 5.26 Å². The number of hydrogen-bond donors (Lipinski definition) is 2. The molecule has 20 heavy (non-hydrogen) atoms. The highest BCUT2D eigenvalue weighted by atomic mass is 19.1. The van der Waals surface area contributed by atoms with Gasteiger partial charge in [0.1, 0.15) is 11.6 Å². The van der Waals surface area contributed by atoms with Crippen LogP contribution in [0.3, 0.4) is 0 Å². The molecule has 0 atom stereocenters. The molecule has 3 N–H and O–H groups in total. The lowest BCUT2D eigenvalue weighted by molar-refractivity contribution is 0.102. The lowest BCUT2D eigenvalue weighted by atomic mass is 10.1. The van der Waals surface area contributed by atoms with Gasteiger partial charge in [-0.15, -0.1) is 0 Å². The Morgan fingerprint density at radius 1 is 1.15 bits per heavy atom. The van der Waals surface area contributed by atoms with Gasteiger partial charge >= 0.3 is 0 Å². The second kappa shape index (κ2) is 5.36. The van der Waals surface area contributed by atoms with Crippen LogP contribution in [-0.4, -0.2) is 5.91 Å². The Labute approximate surface area is 113 Å². The van der Waals surface area contributed by atoms with Crippen LogP contribution >= 0.6 is 0 Å². The molecule has 0 aliphatic heterocycles. The number of rotatable bonds is 2. The molecule has 0 bridgehead atoms. The fourth-order valence-electron chi connectivity index (χ4n) is 1.59. The monoisotopic (exact) mass is 273 g/mol. The maximum Gasteiger partial charge on any atom is 0.258 e. The normalized spacial score (nSPS) is 9.85. The summed E-state index contributed by atoms with van der Waals surface area (Å²) in [6, 6.07) is 8.91. The van der Waals surface area contributed by atoms with Gasteiger partial charge in [0.15, 0.2) is 0 Å². The van der Waals surface area contributed by atoms with Gasteiger partial charge in [0.05, 0.1) is 22.9 Å². The SMILES string of the molecule is N#Cc1ccc(NC(=O)c2ccc(N)cc2F)c(F)c1. The summed E-state index contributed by atoms with van der Waals surface area (Å²) in [5.41, 5.74) is 5.30. The van der Waals surface area contributed by atoms with Crippen LogP contribution in [0.2, 0.25) is 0 Å². The minimum absolute atomic E-state index is 0.124. The number of carbonyl (C=O) groups excluding carboxylic acids is 1. The van der Waals surface area contributed by atoms with E-state index in [-0.39, 0.29) is 22.5 Å². The summed E-state index contributed by atoms with van der Waals surface area (Å²) in [6.07, 6.45) is 0. The van der Waals surface area contributed by atoms with Crippen LogP contribution in [0.5, 0.6) is 0 Å². The number of hydrogen-bond acceptors (Lipinski definition) is 3. The molecule has 2 aromatic carbocycles. The maximum absolute atomic E-state index is 13.6. The van der Waals surface area contributed by atoms with Gasteiger partial charge in [-0.1, -0.05) is 0 Å². The molecule has 0 aliphatic carbocycles. The number of nitrogens with two attached hydrogens (primary N) is 1. The third kappa shape index (κ3) is 2.72. The van der Waals surface area contributed by atoms with E-state index in [0.717, 1.165) is 12.1 Å². The van der Waals surface area contributed by atoms with Gasteiger partial charge in [0, 0.05) is 5.69 Å². The van der Waals surface area contributed by atoms with Crippen molar-refractivity contribution in [3.63, 3.8) is 0 Å². The summed E-state index contributed by atoms with van der Waals surface area (Å²) in [5, 5.41) is 10.8. The zero-order valence-electron chi connectivity index (χ0n) is 10.2. The lowest BCUT2D eigenvalue weighted by Gasteiger charge is -2.07. The number of nitrogens with zero attached hydrogens (tertiary/aromatic N) is 1. The van der Waals surface area contributed by atoms with Gasteiger partial charge in [-0.05, 0) is 36.4 Å². The average Bonchev–Trinajstić information content (AvgIpc) is 2.40. The molecular weight excluding hydrogens is 264 g/mol. The van der Waals surface area contributed by atoms with Crippen molar-refractivity contribution in [3.05, 3.63) is 59.2 Å². The number of halogens is 2. The fourth-order valence-corrected chi connectivity index (χ4v) is 1.59. The maximum atomic E-state index is 13.6. The summed E-state index contributed by atoms with van der Waals surface area (Å²) in [5.74, 6) is -2.36. The van der Waals surface area contributed by atoms with E-state index in [4.69, 9.17) is 11.0 Å². The topological polar surface area (TPSA) is 78.9 Å². The van der Waals surface area contributed by atoms with E-state index in [1.165, 1.54) is 24.3 Å². The van der Waals surface area contributed by atoms with Crippen LogP contribution in [-0.2, 0) is 0 Å². The van der Waals surface area contributed by atoms with Crippen LogP contribution in [0.15, 0.2) is 36.4 Å². The van der Waals surface area contributed by atoms with Crippen molar-refractivity contribution >= 4 is 17.3 Å². The van der Waals surface area contributed by atoms with E-state index in [1.807, 2.05) is 0 Å². The highest BCUT2D eigenvalue weighted by molar-refractivity contribution is 6.04. The van der Waals surface area contributed by atoms with Crippen molar-refractivity contribution in [2.75, 3.05) is 11.1 Å². The lowest BCUT2D eigenvalue weighted by Crippen LogP contribution is -2.15. The van der Waals surface area contributed by atoms with Crippen molar-refractivity contribution in [2.24, 2.45) is 0 Å². The summed E-state index contributed by atoms with van der Waals surface area (Å²) in [6.45, 7) is 0. The van der Waals surface area contributed by atoms with Crippen LogP contribution < -0.4 is 11.1 Å². The smallest absolute Gasteiger partial charge is 0.258 e. The van der Waals surface area contributed by atoms with Gasteiger partial charge < -0.3 is 11.1 Å². The van der Waals surface area contributed by atoms with Crippen LogP contribution in [0.25, 0.3) is 0 Å². The Kier molecular flexibility index (Phi) is 3.62. The number of nitrogens with one attached hydrogen (secondary N) is 1. The number of anilines is 2. The van der Waals surface area contributed by atoms with Gasteiger partial charge in [-0.3, -0.25) is 4.79 Å². The predicted octanol–water partition coefficient (Wildman–Crippen LogP) is 2.67. The van der Waals surface area contributed by atoms with Crippen LogP contribution in [0.1, 0.15) is 15.9 Å². The Morgan fingerprint density at radius 2 is 1.90 bits per heavy atom. The number of benzene rings is 2. The highest BCUT2D eigenvalue weighted by Gasteiger charge is 2.14. The van der Waals surface area contributed by atoms with E-state index >= 15 is 0 Å². The van der Waals surface area contributed by atoms with E-state index < -0.39 is 17.5 Å². The number of nitrogen functional groups attached to an aromatic ring is 1. The predicted molar refractivity (Wildman–Crippen MR) is 69.9 cm³/mol. The number of carbonyl (C=O) groups is 1. The van der Waals surface area contributed by atoms with Crippen molar-refractivity contribution in [2.45, 2.75) is 0 Å². The Balaban J connectivity index is 2.26. The zero-order valence-corrected chi connectivity index (χ0v) is 10.2. The minimum atomic E-state index is -0.800. The third-order valence-corrected chi connectivity index (χ3v) is 2.58. The molecular formula is C14H9F2N3O. The zero-order chi connectivity index (χ0) is 14.7. The quantitative estimate of drug-likeness (QED) is 0.825. The van der Waals surface area contributed by atoms with Gasteiger partial charge in [-0.25, -0.2) is 8.78 Å². The van der Waals surface area contributed by atoms with Gasteiger partial charge in [0.2, 0.25) is 0 Å². The molecule has 0 radical (unpaired) electrons. The Bertz CT molecular complexity index is 723. The molecule has 0 heterocycles. The van der Waals surface area contributed by atoms with E-state index in [1.54, 1.807) is 6.07 Å². The van der Waals surface area contributed by atoms with Crippen molar-refractivity contribution in [1.29, 1.82) is 5.26 Å². The first kappa shape index (κ1) is 13.5. The second-order valence-electron chi connectivity index (χ2n) is 4.00. The molecule has 0 spiro atoms. The standard InChI is InChI=1S/C14H9F2N3O/c15-11-6-9(18)2-3-10(11)14(20)19-13-4-1-8(7-17)5-12(13)16/h1-6H,18H2,(H,19,20). The number of nitriles is 1. The summed E-state index contributed by atoms with van der Waals surface area (Å²) in [7, 11) is 0. The van der Waals surface area contributed by atoms with E-state index in [0.29, 0.717) is 0 Å². The first-order valence-corrected chi connectivity index (χ1v) is 5.57. The largest absolute Gasteiger partial charge is 0.399 e. The Hall–Kier alpha value is -2.94. The molecule has 0 saturated carbocycles. The van der Waals surface area contributed by atoms with E-state index in [2.05, 4.69) is 5.32 Å². The van der Waals surface area contributed by atoms with E-state index in [9.17, 15) is 13.6 Å². The molecule has 0 unspecified atom stereocenters. The molecule has 4 nitrogen and oxygen atoms in total. The van der Waals surface area contributed by atoms with Gasteiger partial charge in [0.25, 0.3) is 5.91 Å². The average molecular weight is 273 g/mol. The molecule has 0 aliphatic rings. The first-order valence-electron chi connectivity index (χ1n) is 5.57. The summed E-state index contributed by atoms with van der Waals surface area (Å²) in [4.78, 5) is 11.8. The molecule has 2 aromatic rings. The summed E-state index contributed by atoms with van der Waals surface area (Å²) < 4.78 is 27.1. The second-order valence-corrected chi connectivity index (χ2v) is 4.00. The Morgan fingerprint density at radius 3 is 2.50 bits per heavy atom. The van der Waals surface area contributed by atoms with Crippen molar-refractivity contribution in [3.8, 4) is 6.07 Å². The molecule has 100 valence electrons. The fraction of sp³-hybridized carbons (Fsp3) is 0. The van der Waals surface area contributed by atoms with Crippen LogP contribution in [0.4, 0.5) is 20.2 Å². The first-order chi connectivity index (χ1) is 9.51. The minimum Gasteiger partial charge on any atom is -0.399 e. The molecule has 0 aromatic heterocycles. The van der Waals surface area contributed by atoms with Crippen molar-refractivity contribution in [1.82, 2.24) is 0 Å². The molecule has 0 fully saturated rings. The van der Waals surface area contributed by atoms with Crippen LogP contribution in [0, 0.1) is 23.0 Å². The third-order valence-electron chi connectivity index (χ3n) is 2.58. The van der Waals surface area contributed by atoms with Crippen molar-refractivity contribution < 1.29 is 13.6 Å². The molecule has 0 saturated heterocycles. The summed E-state index contributed by atoms with van der Waals surface area (Å²) >= 11 is 0.